The van der Waals surface area contributed by atoms with Crippen LogP contribution in [0.15, 0.2) is 88.1 Å². The third kappa shape index (κ3) is 5.15. The molecule has 5 nitrogen and oxygen atoms in total. The van der Waals surface area contributed by atoms with Gasteiger partial charge in [0, 0.05) is 62.1 Å². The summed E-state index contributed by atoms with van der Waals surface area (Å²) in [6, 6.07) is 27.0. The van der Waals surface area contributed by atoms with Crippen molar-refractivity contribution in [2.75, 3.05) is 36.4 Å². The van der Waals surface area contributed by atoms with E-state index in [0.29, 0.717) is 12.1 Å². The number of benzene rings is 3. The molecule has 1 N–H and O–H groups in total. The Morgan fingerprint density at radius 3 is 2.35 bits per heavy atom. The maximum atomic E-state index is 12.1. The first-order valence-electron chi connectivity index (χ1n) is 12.1. The van der Waals surface area contributed by atoms with Crippen molar-refractivity contribution < 1.29 is 4.42 Å². The van der Waals surface area contributed by atoms with Gasteiger partial charge in [-0.3, -0.25) is 4.90 Å². The van der Waals surface area contributed by atoms with Gasteiger partial charge in [0.15, 0.2) is 0 Å². The van der Waals surface area contributed by atoms with E-state index in [1.54, 1.807) is 6.07 Å². The molecule has 34 heavy (non-hydrogen) atoms. The summed E-state index contributed by atoms with van der Waals surface area (Å²) in [4.78, 5) is 17.0. The molecule has 2 heterocycles. The van der Waals surface area contributed by atoms with E-state index < -0.39 is 0 Å². The molecule has 1 fully saturated rings. The summed E-state index contributed by atoms with van der Waals surface area (Å²) in [5.74, 6) is 0. The van der Waals surface area contributed by atoms with E-state index in [1.807, 2.05) is 6.07 Å². The van der Waals surface area contributed by atoms with Gasteiger partial charge in [0.2, 0.25) is 0 Å². The smallest absolute Gasteiger partial charge is 0.336 e. The van der Waals surface area contributed by atoms with E-state index in [-0.39, 0.29) is 5.63 Å². The molecule has 0 aliphatic carbocycles. The quantitative estimate of drug-likeness (QED) is 0.385. The van der Waals surface area contributed by atoms with Crippen molar-refractivity contribution in [1.29, 1.82) is 0 Å². The molecular weight excluding hydrogens is 422 g/mol. The van der Waals surface area contributed by atoms with Gasteiger partial charge < -0.3 is 14.6 Å². The standard InChI is InChI=1S/C29H31N3O2/c1-2-22-8-13-27-24(19-29(33)34-28(27)18-22)20-30-25-9-11-26(12-10-25)32-16-14-31(15-17-32)21-23-6-4-3-5-7-23/h3-13,18-19,30H,2,14-17,20-21H2,1H3. The third-order valence-corrected chi connectivity index (χ3v) is 6.64. The van der Waals surface area contributed by atoms with Crippen molar-refractivity contribution in [3.63, 3.8) is 0 Å². The van der Waals surface area contributed by atoms with Gasteiger partial charge >= 0.3 is 5.63 Å². The van der Waals surface area contributed by atoms with Crippen LogP contribution in [-0.2, 0) is 19.5 Å². The zero-order valence-electron chi connectivity index (χ0n) is 19.7. The summed E-state index contributed by atoms with van der Waals surface area (Å²) in [7, 11) is 0. The van der Waals surface area contributed by atoms with Crippen LogP contribution in [0.1, 0.15) is 23.6 Å². The fraction of sp³-hybridized carbons (Fsp3) is 0.276. The van der Waals surface area contributed by atoms with E-state index in [9.17, 15) is 4.79 Å². The maximum Gasteiger partial charge on any atom is 0.336 e. The maximum absolute atomic E-state index is 12.1. The van der Waals surface area contributed by atoms with Crippen LogP contribution in [0.3, 0.4) is 0 Å². The van der Waals surface area contributed by atoms with E-state index in [0.717, 1.165) is 61.3 Å². The highest BCUT2D eigenvalue weighted by molar-refractivity contribution is 5.81. The first-order valence-corrected chi connectivity index (χ1v) is 12.1. The lowest BCUT2D eigenvalue weighted by Crippen LogP contribution is -2.45. The number of rotatable bonds is 7. The molecule has 0 unspecified atom stereocenters. The molecule has 0 radical (unpaired) electrons. The molecule has 174 valence electrons. The normalized spacial score (nSPS) is 14.4. The number of piperazine rings is 1. The van der Waals surface area contributed by atoms with Crippen LogP contribution in [0, 0.1) is 0 Å². The lowest BCUT2D eigenvalue weighted by atomic mass is 10.1. The van der Waals surface area contributed by atoms with Crippen LogP contribution >= 0.6 is 0 Å². The van der Waals surface area contributed by atoms with Crippen molar-refractivity contribution in [2.24, 2.45) is 0 Å². The minimum atomic E-state index is -0.306. The van der Waals surface area contributed by atoms with E-state index in [4.69, 9.17) is 4.42 Å². The van der Waals surface area contributed by atoms with Gasteiger partial charge in [0.1, 0.15) is 5.58 Å². The molecule has 1 aromatic heterocycles. The molecule has 1 aliphatic heterocycles. The summed E-state index contributed by atoms with van der Waals surface area (Å²) in [6.07, 6.45) is 0.913. The molecular formula is C29H31N3O2. The van der Waals surface area contributed by atoms with Crippen LogP contribution in [-0.4, -0.2) is 31.1 Å². The first-order chi connectivity index (χ1) is 16.7. The van der Waals surface area contributed by atoms with Crippen molar-refractivity contribution in [1.82, 2.24) is 4.90 Å². The monoisotopic (exact) mass is 453 g/mol. The Bertz CT molecular complexity index is 1290. The van der Waals surface area contributed by atoms with Crippen LogP contribution in [0.5, 0.6) is 0 Å². The Morgan fingerprint density at radius 2 is 1.62 bits per heavy atom. The highest BCUT2D eigenvalue weighted by Crippen LogP contribution is 2.23. The minimum Gasteiger partial charge on any atom is -0.423 e. The number of aryl methyl sites for hydroxylation is 1. The third-order valence-electron chi connectivity index (χ3n) is 6.64. The number of hydrogen-bond acceptors (Lipinski definition) is 5. The zero-order valence-corrected chi connectivity index (χ0v) is 19.7. The van der Waals surface area contributed by atoms with E-state index >= 15 is 0 Å². The van der Waals surface area contributed by atoms with Crippen molar-refractivity contribution in [3.05, 3.63) is 106 Å². The second-order valence-electron chi connectivity index (χ2n) is 8.92. The van der Waals surface area contributed by atoms with Gasteiger partial charge in [-0.25, -0.2) is 4.79 Å². The number of nitrogens with zero attached hydrogens (tertiary/aromatic N) is 2. The largest absolute Gasteiger partial charge is 0.423 e. The number of anilines is 2. The Kier molecular flexibility index (Phi) is 6.63. The fourth-order valence-electron chi connectivity index (χ4n) is 4.63. The Balaban J connectivity index is 1.19. The molecule has 0 bridgehead atoms. The molecule has 3 aromatic carbocycles. The summed E-state index contributed by atoms with van der Waals surface area (Å²) in [5.41, 5.74) is 6.14. The van der Waals surface area contributed by atoms with E-state index in [2.05, 4.69) is 88.8 Å². The molecule has 0 saturated carbocycles. The molecule has 1 aliphatic rings. The predicted molar refractivity (Wildman–Crippen MR) is 140 cm³/mol. The van der Waals surface area contributed by atoms with Crippen LogP contribution in [0.4, 0.5) is 11.4 Å². The summed E-state index contributed by atoms with van der Waals surface area (Å²) < 4.78 is 5.43. The summed E-state index contributed by atoms with van der Waals surface area (Å²) in [6.45, 7) is 7.89. The van der Waals surface area contributed by atoms with Crippen molar-refractivity contribution in [2.45, 2.75) is 26.4 Å². The molecule has 0 atom stereocenters. The van der Waals surface area contributed by atoms with Crippen molar-refractivity contribution in [3.8, 4) is 0 Å². The highest BCUT2D eigenvalue weighted by Gasteiger charge is 2.17. The van der Waals surface area contributed by atoms with E-state index in [1.165, 1.54) is 11.3 Å². The van der Waals surface area contributed by atoms with Crippen LogP contribution < -0.4 is 15.8 Å². The van der Waals surface area contributed by atoms with Gasteiger partial charge in [-0.15, -0.1) is 0 Å². The first kappa shape index (κ1) is 22.2. The van der Waals surface area contributed by atoms with Gasteiger partial charge in [0.05, 0.1) is 0 Å². The molecule has 0 amide bonds. The lowest BCUT2D eigenvalue weighted by Gasteiger charge is -2.36. The van der Waals surface area contributed by atoms with Crippen molar-refractivity contribution >= 4 is 22.3 Å². The number of fused-ring (bicyclic) bond motifs is 1. The second-order valence-corrected chi connectivity index (χ2v) is 8.92. The van der Waals surface area contributed by atoms with Gasteiger partial charge in [-0.05, 0) is 53.4 Å². The number of nitrogens with one attached hydrogen (secondary N) is 1. The molecule has 5 heteroatoms. The zero-order chi connectivity index (χ0) is 23.3. The number of hydrogen-bond donors (Lipinski definition) is 1. The SMILES string of the molecule is CCc1ccc2c(CNc3ccc(N4CCN(Cc5ccccc5)CC4)cc3)cc(=O)oc2c1. The molecule has 1 saturated heterocycles. The lowest BCUT2D eigenvalue weighted by molar-refractivity contribution is 0.250. The van der Waals surface area contributed by atoms with Gasteiger partial charge in [-0.2, -0.15) is 0 Å². The van der Waals surface area contributed by atoms with Crippen LogP contribution in [0.25, 0.3) is 11.0 Å². The molecule has 4 aromatic rings. The minimum absolute atomic E-state index is 0.306. The second kappa shape index (κ2) is 10.1. The molecule has 5 rings (SSSR count). The molecule has 0 spiro atoms. The Labute approximate surface area is 200 Å². The predicted octanol–water partition coefficient (Wildman–Crippen LogP) is 5.29. The topological polar surface area (TPSA) is 48.7 Å². The Morgan fingerprint density at radius 1 is 0.853 bits per heavy atom. The van der Waals surface area contributed by atoms with Crippen LogP contribution in [0.2, 0.25) is 0 Å². The highest BCUT2D eigenvalue weighted by atomic mass is 16.4. The average molecular weight is 454 g/mol. The van der Waals surface area contributed by atoms with Gasteiger partial charge in [0.25, 0.3) is 0 Å². The summed E-state index contributed by atoms with van der Waals surface area (Å²) >= 11 is 0. The summed E-state index contributed by atoms with van der Waals surface area (Å²) in [5, 5.41) is 4.45. The fourth-order valence-corrected chi connectivity index (χ4v) is 4.63. The van der Waals surface area contributed by atoms with Gasteiger partial charge in [-0.1, -0.05) is 49.4 Å². The Hall–Kier alpha value is -3.57. The average Bonchev–Trinajstić information content (AvgIpc) is 2.88.